The summed E-state index contributed by atoms with van der Waals surface area (Å²) in [4.78, 5) is 0. The fraction of sp³-hybridized carbons (Fsp3) is 1.00. The van der Waals surface area contributed by atoms with Crippen molar-refractivity contribution in [1.82, 2.24) is 10.6 Å². The molecule has 2 rings (SSSR count). The van der Waals surface area contributed by atoms with Crippen LogP contribution in [-0.4, -0.2) is 37.7 Å². The molecule has 2 aliphatic carbocycles. The molecule has 178 valence electrons. The highest BCUT2D eigenvalue weighted by atomic mass is 33.1. The van der Waals surface area contributed by atoms with Crippen LogP contribution < -0.4 is 10.6 Å². The molecular formula is C26H52N2S2. The van der Waals surface area contributed by atoms with Crippen molar-refractivity contribution in [2.75, 3.05) is 37.7 Å². The van der Waals surface area contributed by atoms with Gasteiger partial charge in [-0.1, -0.05) is 124 Å². The Morgan fingerprint density at radius 2 is 0.867 bits per heavy atom. The van der Waals surface area contributed by atoms with E-state index in [0.717, 1.165) is 11.8 Å². The first-order valence-electron chi connectivity index (χ1n) is 13.6. The van der Waals surface area contributed by atoms with Crippen LogP contribution in [0.4, 0.5) is 0 Å². The Morgan fingerprint density at radius 1 is 0.467 bits per heavy atom. The number of rotatable bonds is 21. The second kappa shape index (κ2) is 20.2. The number of hydrogen-bond acceptors (Lipinski definition) is 4. The van der Waals surface area contributed by atoms with Gasteiger partial charge in [0.1, 0.15) is 0 Å². The topological polar surface area (TPSA) is 24.1 Å². The summed E-state index contributed by atoms with van der Waals surface area (Å²) < 4.78 is 0. The maximum absolute atomic E-state index is 3.62. The minimum absolute atomic E-state index is 1.09. The molecule has 2 saturated carbocycles. The van der Waals surface area contributed by atoms with Crippen molar-refractivity contribution < 1.29 is 0 Å². The van der Waals surface area contributed by atoms with Gasteiger partial charge in [0.25, 0.3) is 0 Å². The van der Waals surface area contributed by atoms with Crippen molar-refractivity contribution in [2.24, 2.45) is 11.8 Å². The molecule has 0 heterocycles. The standard InChI is InChI=1S/C26H52N2S2/c1(5-13-25-15-7-8-16-25)3-11-19-27-21-23-29-30-24-22-28-20-12-4-2-6-14-26-17-9-10-18-26/h25-28H,1-24H2. The molecule has 0 atom stereocenters. The molecule has 0 radical (unpaired) electrons. The molecule has 4 heteroatoms. The minimum Gasteiger partial charge on any atom is -0.316 e. The van der Waals surface area contributed by atoms with Crippen molar-refractivity contribution in [3.63, 3.8) is 0 Å². The van der Waals surface area contributed by atoms with Gasteiger partial charge in [-0.15, -0.1) is 0 Å². The lowest BCUT2D eigenvalue weighted by molar-refractivity contribution is 0.463. The van der Waals surface area contributed by atoms with Crippen LogP contribution in [-0.2, 0) is 0 Å². The zero-order valence-electron chi connectivity index (χ0n) is 19.9. The molecular weight excluding hydrogens is 404 g/mol. The zero-order valence-corrected chi connectivity index (χ0v) is 21.6. The van der Waals surface area contributed by atoms with E-state index >= 15 is 0 Å². The average Bonchev–Trinajstić information content (AvgIpc) is 3.46. The van der Waals surface area contributed by atoms with E-state index in [1.165, 1.54) is 153 Å². The van der Waals surface area contributed by atoms with Crippen molar-refractivity contribution in [1.29, 1.82) is 0 Å². The van der Waals surface area contributed by atoms with E-state index in [1.807, 2.05) is 21.6 Å². The number of nitrogens with one attached hydrogen (secondary N) is 2. The molecule has 30 heavy (non-hydrogen) atoms. The highest BCUT2D eigenvalue weighted by molar-refractivity contribution is 8.76. The smallest absolute Gasteiger partial charge is 0.0162 e. The van der Waals surface area contributed by atoms with E-state index in [9.17, 15) is 0 Å². The molecule has 0 saturated heterocycles. The number of hydrogen-bond donors (Lipinski definition) is 2. The van der Waals surface area contributed by atoms with E-state index in [-0.39, 0.29) is 0 Å². The molecule has 2 N–H and O–H groups in total. The lowest BCUT2D eigenvalue weighted by Gasteiger charge is -2.08. The highest BCUT2D eigenvalue weighted by Gasteiger charge is 2.14. The molecule has 0 aromatic rings. The monoisotopic (exact) mass is 456 g/mol. The van der Waals surface area contributed by atoms with E-state index in [0.29, 0.717) is 0 Å². The van der Waals surface area contributed by atoms with Crippen molar-refractivity contribution in [3.8, 4) is 0 Å². The number of unbranched alkanes of at least 4 members (excludes halogenated alkanes) is 6. The third kappa shape index (κ3) is 15.4. The van der Waals surface area contributed by atoms with Crippen LogP contribution in [0.5, 0.6) is 0 Å². The minimum atomic E-state index is 1.09. The van der Waals surface area contributed by atoms with Gasteiger partial charge in [-0.3, -0.25) is 0 Å². The summed E-state index contributed by atoms with van der Waals surface area (Å²) in [6.45, 7) is 4.79. The summed E-state index contributed by atoms with van der Waals surface area (Å²) >= 11 is 0. The molecule has 0 spiro atoms. The molecule has 0 aromatic carbocycles. The zero-order chi connectivity index (χ0) is 21.0. The van der Waals surface area contributed by atoms with Gasteiger partial charge >= 0.3 is 0 Å². The Bertz CT molecular complexity index is 321. The molecule has 0 bridgehead atoms. The van der Waals surface area contributed by atoms with Gasteiger partial charge in [-0.2, -0.15) is 0 Å². The third-order valence-corrected chi connectivity index (χ3v) is 9.60. The fourth-order valence-corrected chi connectivity index (χ4v) is 7.16. The molecule has 0 unspecified atom stereocenters. The van der Waals surface area contributed by atoms with Crippen LogP contribution in [0.25, 0.3) is 0 Å². The molecule has 0 amide bonds. The van der Waals surface area contributed by atoms with Crippen LogP contribution in [0.15, 0.2) is 0 Å². The molecule has 2 nitrogen and oxygen atoms in total. The third-order valence-electron chi connectivity index (χ3n) is 7.19. The first-order chi connectivity index (χ1) is 14.9. The summed E-state index contributed by atoms with van der Waals surface area (Å²) in [7, 11) is 4.08. The quantitative estimate of drug-likeness (QED) is 0.136. The van der Waals surface area contributed by atoms with Gasteiger partial charge in [0.2, 0.25) is 0 Å². The van der Waals surface area contributed by atoms with Crippen LogP contribution in [0.2, 0.25) is 0 Å². The lowest BCUT2D eigenvalue weighted by Crippen LogP contribution is -2.19. The first kappa shape index (κ1) is 26.9. The van der Waals surface area contributed by atoms with Crippen LogP contribution in [0.3, 0.4) is 0 Å². The predicted octanol–water partition coefficient (Wildman–Crippen LogP) is 7.83. The van der Waals surface area contributed by atoms with Crippen molar-refractivity contribution >= 4 is 21.6 Å². The van der Waals surface area contributed by atoms with Gasteiger partial charge < -0.3 is 10.6 Å². The Hall–Kier alpha value is 0.620. The van der Waals surface area contributed by atoms with Crippen LogP contribution in [0, 0.1) is 11.8 Å². The van der Waals surface area contributed by atoms with E-state index in [2.05, 4.69) is 10.6 Å². The summed E-state index contributed by atoms with van der Waals surface area (Å²) in [5, 5.41) is 7.24. The van der Waals surface area contributed by atoms with Crippen LogP contribution >= 0.6 is 21.6 Å². The van der Waals surface area contributed by atoms with Gasteiger partial charge in [0.05, 0.1) is 0 Å². The Kier molecular flexibility index (Phi) is 18.1. The van der Waals surface area contributed by atoms with Crippen molar-refractivity contribution in [2.45, 2.75) is 116 Å². The van der Waals surface area contributed by atoms with Gasteiger partial charge in [0, 0.05) is 24.6 Å². The molecule has 0 aromatic heterocycles. The Labute approximate surface area is 197 Å². The average molecular weight is 457 g/mol. The van der Waals surface area contributed by atoms with E-state index in [4.69, 9.17) is 0 Å². The summed E-state index contributed by atoms with van der Waals surface area (Å²) in [5.74, 6) is 4.66. The van der Waals surface area contributed by atoms with Crippen LogP contribution in [0.1, 0.15) is 116 Å². The van der Waals surface area contributed by atoms with Crippen molar-refractivity contribution in [3.05, 3.63) is 0 Å². The largest absolute Gasteiger partial charge is 0.316 e. The summed E-state index contributed by atoms with van der Waals surface area (Å²) in [5.41, 5.74) is 0. The fourth-order valence-electron chi connectivity index (χ4n) is 5.27. The van der Waals surface area contributed by atoms with E-state index < -0.39 is 0 Å². The molecule has 2 aliphatic rings. The predicted molar refractivity (Wildman–Crippen MR) is 141 cm³/mol. The molecule has 0 aliphatic heterocycles. The second-order valence-corrected chi connectivity index (χ2v) is 12.6. The van der Waals surface area contributed by atoms with Gasteiger partial charge in [-0.25, -0.2) is 0 Å². The van der Waals surface area contributed by atoms with E-state index in [1.54, 1.807) is 0 Å². The lowest BCUT2D eigenvalue weighted by atomic mass is 9.99. The first-order valence-corrected chi connectivity index (χ1v) is 16.1. The maximum atomic E-state index is 3.62. The summed E-state index contributed by atoms with van der Waals surface area (Å²) in [6.07, 6.45) is 26.6. The molecule has 2 fully saturated rings. The normalized spacial score (nSPS) is 18.0. The second-order valence-electron chi connectivity index (χ2n) is 9.85. The van der Waals surface area contributed by atoms with Gasteiger partial charge in [-0.05, 0) is 37.8 Å². The maximum Gasteiger partial charge on any atom is 0.0162 e. The SMILES string of the molecule is C(CCCC1CCCC1)CCNCCSSCCNCCCCCCC1CCCC1. The highest BCUT2D eigenvalue weighted by Crippen LogP contribution is 2.30. The Morgan fingerprint density at radius 3 is 1.30 bits per heavy atom. The Balaban J connectivity index is 1.16. The summed E-state index contributed by atoms with van der Waals surface area (Å²) in [6, 6.07) is 0. The van der Waals surface area contributed by atoms with Gasteiger partial charge in [0.15, 0.2) is 0 Å².